The van der Waals surface area contributed by atoms with Gasteiger partial charge in [0.2, 0.25) is 0 Å². The Morgan fingerprint density at radius 1 is 0.909 bits per heavy atom. The average molecular weight is 292 g/mol. The highest BCUT2D eigenvalue weighted by molar-refractivity contribution is 6.23. The Hall–Kier alpha value is -2.62. The smallest absolute Gasteiger partial charge is 0.312 e. The molecule has 2 fully saturated rings. The van der Waals surface area contributed by atoms with Gasteiger partial charge in [0.25, 0.3) is 5.91 Å². The number of amides is 3. The quantitative estimate of drug-likeness (QED) is 0.797. The number of carbonyl (C=O) groups excluding carboxylic acids is 2. The molecule has 0 saturated carbocycles. The summed E-state index contributed by atoms with van der Waals surface area (Å²) in [7, 11) is 0. The first-order valence-corrected chi connectivity index (χ1v) is 7.56. The van der Waals surface area contributed by atoms with Crippen LogP contribution in [0.15, 0.2) is 54.6 Å². The maximum atomic E-state index is 12.6. The van der Waals surface area contributed by atoms with Crippen LogP contribution in [-0.4, -0.2) is 29.4 Å². The van der Waals surface area contributed by atoms with Crippen molar-refractivity contribution in [3.63, 3.8) is 0 Å². The fraction of sp³-hybridized carbons (Fsp3) is 0.222. The van der Waals surface area contributed by atoms with E-state index in [-0.39, 0.29) is 18.0 Å². The van der Waals surface area contributed by atoms with E-state index in [4.69, 9.17) is 0 Å². The Morgan fingerprint density at radius 3 is 2.41 bits per heavy atom. The van der Waals surface area contributed by atoms with Crippen molar-refractivity contribution in [3.05, 3.63) is 54.6 Å². The molecule has 0 N–H and O–H groups in total. The average Bonchev–Trinajstić information content (AvgIpc) is 3.13. The highest BCUT2D eigenvalue weighted by Crippen LogP contribution is 2.36. The second-order valence-electron chi connectivity index (χ2n) is 5.69. The summed E-state index contributed by atoms with van der Waals surface area (Å²) < 4.78 is 0. The molecule has 0 aliphatic carbocycles. The third-order valence-electron chi connectivity index (χ3n) is 4.42. The van der Waals surface area contributed by atoms with Gasteiger partial charge in [0.15, 0.2) is 0 Å². The van der Waals surface area contributed by atoms with E-state index in [1.807, 2.05) is 54.6 Å². The highest BCUT2D eigenvalue weighted by Gasteiger charge is 2.48. The molecular weight excluding hydrogens is 276 g/mol. The third kappa shape index (κ3) is 1.84. The normalized spacial score (nSPS) is 20.6. The predicted octanol–water partition coefficient (Wildman–Crippen LogP) is 3.28. The summed E-state index contributed by atoms with van der Waals surface area (Å²) in [6.07, 6.45) is 1.69. The number of para-hydroxylation sites is 1. The zero-order valence-corrected chi connectivity index (χ0v) is 12.1. The summed E-state index contributed by atoms with van der Waals surface area (Å²) >= 11 is 0. The van der Waals surface area contributed by atoms with Crippen molar-refractivity contribution in [1.82, 2.24) is 4.90 Å². The standard InChI is InChI=1S/C18H16N2O2/c21-17-16-11-6-12-19(16)18(22)20(17)15-10-5-4-9-14(15)13-7-2-1-3-8-13/h1-5,7-10,16H,6,11-12H2/t16-/m0/s1. The summed E-state index contributed by atoms with van der Waals surface area (Å²) in [6, 6.07) is 17.0. The molecule has 4 nitrogen and oxygen atoms in total. The fourth-order valence-corrected chi connectivity index (χ4v) is 3.38. The van der Waals surface area contributed by atoms with Crippen LogP contribution in [0.4, 0.5) is 10.5 Å². The Balaban J connectivity index is 1.81. The predicted molar refractivity (Wildman–Crippen MR) is 84.5 cm³/mol. The number of hydrogen-bond acceptors (Lipinski definition) is 2. The number of hydrogen-bond donors (Lipinski definition) is 0. The second kappa shape index (κ2) is 4.98. The molecule has 2 aliphatic heterocycles. The van der Waals surface area contributed by atoms with Gasteiger partial charge in [-0.2, -0.15) is 0 Å². The van der Waals surface area contributed by atoms with Gasteiger partial charge in [0.1, 0.15) is 6.04 Å². The molecule has 3 amide bonds. The Kier molecular flexibility index (Phi) is 2.96. The maximum absolute atomic E-state index is 12.6. The molecule has 0 radical (unpaired) electrons. The molecule has 0 spiro atoms. The van der Waals surface area contributed by atoms with Crippen molar-refractivity contribution in [2.75, 3.05) is 11.4 Å². The van der Waals surface area contributed by atoms with Gasteiger partial charge in [-0.3, -0.25) is 4.79 Å². The van der Waals surface area contributed by atoms with E-state index in [2.05, 4.69) is 0 Å². The van der Waals surface area contributed by atoms with Gasteiger partial charge in [0.05, 0.1) is 5.69 Å². The minimum atomic E-state index is -0.267. The third-order valence-corrected chi connectivity index (χ3v) is 4.42. The number of nitrogens with zero attached hydrogens (tertiary/aromatic N) is 2. The Bertz CT molecular complexity index is 720. The minimum Gasteiger partial charge on any atom is -0.312 e. The van der Waals surface area contributed by atoms with Gasteiger partial charge in [0, 0.05) is 12.1 Å². The van der Waals surface area contributed by atoms with E-state index in [0.717, 1.165) is 24.0 Å². The largest absolute Gasteiger partial charge is 0.332 e. The lowest BCUT2D eigenvalue weighted by Gasteiger charge is -2.19. The molecular formula is C18H16N2O2. The van der Waals surface area contributed by atoms with Crippen molar-refractivity contribution >= 4 is 17.6 Å². The summed E-state index contributed by atoms with van der Waals surface area (Å²) in [5.41, 5.74) is 2.59. The summed E-state index contributed by atoms with van der Waals surface area (Å²) in [5, 5.41) is 0. The maximum Gasteiger partial charge on any atom is 0.332 e. The second-order valence-corrected chi connectivity index (χ2v) is 5.69. The summed E-state index contributed by atoms with van der Waals surface area (Å²) in [4.78, 5) is 28.3. The monoisotopic (exact) mass is 292 g/mol. The number of rotatable bonds is 2. The van der Waals surface area contributed by atoms with Crippen LogP contribution in [0.3, 0.4) is 0 Å². The van der Waals surface area contributed by atoms with Crippen LogP contribution in [0.1, 0.15) is 12.8 Å². The number of imide groups is 1. The number of carbonyl (C=O) groups is 2. The topological polar surface area (TPSA) is 40.6 Å². The van der Waals surface area contributed by atoms with E-state index in [1.54, 1.807) is 4.90 Å². The van der Waals surface area contributed by atoms with Crippen LogP contribution in [0.25, 0.3) is 11.1 Å². The zero-order chi connectivity index (χ0) is 15.1. The molecule has 2 aliphatic rings. The summed E-state index contributed by atoms with van der Waals surface area (Å²) in [6.45, 7) is 0.680. The van der Waals surface area contributed by atoms with Crippen molar-refractivity contribution < 1.29 is 9.59 Å². The van der Waals surface area contributed by atoms with Crippen molar-refractivity contribution in [3.8, 4) is 11.1 Å². The zero-order valence-electron chi connectivity index (χ0n) is 12.1. The molecule has 1 atom stereocenters. The first kappa shape index (κ1) is 13.1. The number of fused-ring (bicyclic) bond motifs is 1. The van der Waals surface area contributed by atoms with Crippen molar-refractivity contribution in [2.24, 2.45) is 0 Å². The van der Waals surface area contributed by atoms with Crippen molar-refractivity contribution in [1.29, 1.82) is 0 Å². The first-order valence-electron chi connectivity index (χ1n) is 7.56. The lowest BCUT2D eigenvalue weighted by Crippen LogP contribution is -2.33. The molecule has 0 aromatic heterocycles. The minimum absolute atomic E-state index is 0.0918. The molecule has 2 saturated heterocycles. The van der Waals surface area contributed by atoms with Crippen LogP contribution in [0.5, 0.6) is 0 Å². The molecule has 4 heteroatoms. The molecule has 4 rings (SSSR count). The highest BCUT2D eigenvalue weighted by atomic mass is 16.2. The van der Waals surface area contributed by atoms with Gasteiger partial charge in [-0.1, -0.05) is 48.5 Å². The van der Waals surface area contributed by atoms with Gasteiger partial charge in [-0.25, -0.2) is 9.69 Å². The molecule has 110 valence electrons. The van der Waals surface area contributed by atoms with Crippen LogP contribution in [-0.2, 0) is 4.79 Å². The first-order chi connectivity index (χ1) is 10.8. The number of benzene rings is 2. The molecule has 22 heavy (non-hydrogen) atoms. The summed E-state index contributed by atoms with van der Waals surface area (Å²) in [5.74, 6) is -0.0918. The molecule has 0 bridgehead atoms. The Labute approximate surface area is 129 Å². The molecule has 2 heterocycles. The van der Waals surface area contributed by atoms with E-state index in [0.29, 0.717) is 12.2 Å². The van der Waals surface area contributed by atoms with Gasteiger partial charge >= 0.3 is 6.03 Å². The molecule has 2 aromatic rings. The Morgan fingerprint density at radius 2 is 1.64 bits per heavy atom. The van der Waals surface area contributed by atoms with E-state index in [9.17, 15) is 9.59 Å². The number of urea groups is 1. The lowest BCUT2D eigenvalue weighted by molar-refractivity contribution is -0.119. The van der Waals surface area contributed by atoms with Crippen LogP contribution in [0.2, 0.25) is 0 Å². The van der Waals surface area contributed by atoms with E-state index in [1.165, 1.54) is 4.90 Å². The fourth-order valence-electron chi connectivity index (χ4n) is 3.38. The van der Waals surface area contributed by atoms with Gasteiger partial charge < -0.3 is 4.90 Å². The SMILES string of the molecule is O=C1[C@@H]2CCCN2C(=O)N1c1ccccc1-c1ccccc1. The van der Waals surface area contributed by atoms with Crippen LogP contribution in [0, 0.1) is 0 Å². The van der Waals surface area contributed by atoms with Gasteiger partial charge in [-0.15, -0.1) is 0 Å². The lowest BCUT2D eigenvalue weighted by atomic mass is 10.0. The van der Waals surface area contributed by atoms with Crippen molar-refractivity contribution in [2.45, 2.75) is 18.9 Å². The van der Waals surface area contributed by atoms with E-state index < -0.39 is 0 Å². The van der Waals surface area contributed by atoms with Crippen LogP contribution < -0.4 is 4.90 Å². The van der Waals surface area contributed by atoms with Crippen LogP contribution >= 0.6 is 0 Å². The van der Waals surface area contributed by atoms with Gasteiger partial charge in [-0.05, 0) is 24.5 Å². The number of anilines is 1. The van der Waals surface area contributed by atoms with E-state index >= 15 is 0 Å². The molecule has 0 unspecified atom stereocenters. The molecule has 2 aromatic carbocycles.